The van der Waals surface area contributed by atoms with Gasteiger partial charge in [0.2, 0.25) is 5.89 Å². The summed E-state index contributed by atoms with van der Waals surface area (Å²) in [5.74, 6) is 1.04. The average Bonchev–Trinajstić information content (AvgIpc) is 3.18. The lowest BCUT2D eigenvalue weighted by Crippen LogP contribution is -2.39. The Morgan fingerprint density at radius 1 is 0.926 bits per heavy atom. The molecule has 1 aromatic heterocycles. The van der Waals surface area contributed by atoms with Crippen LogP contribution in [0, 0.1) is 5.92 Å². The molecule has 5 heteroatoms. The number of aromatic nitrogens is 2. The molecule has 27 heavy (non-hydrogen) atoms. The Balaban J connectivity index is 1.32. The minimum absolute atomic E-state index is 0.0995. The SMILES string of the molecule is O=C(c1nnc(Cc2ccccc2)o1)N1CCC(Cc2ccccc2)CC1. The van der Waals surface area contributed by atoms with Crippen molar-refractivity contribution in [2.75, 3.05) is 13.1 Å². The first-order valence-electron chi connectivity index (χ1n) is 9.47. The molecule has 5 nitrogen and oxygen atoms in total. The number of carbonyl (C=O) groups is 1. The molecule has 0 radical (unpaired) electrons. The predicted octanol–water partition coefficient (Wildman–Crippen LogP) is 3.76. The van der Waals surface area contributed by atoms with Crippen LogP contribution in [0.2, 0.25) is 0 Å². The van der Waals surface area contributed by atoms with E-state index in [9.17, 15) is 4.79 Å². The Labute approximate surface area is 159 Å². The molecule has 1 amide bonds. The highest BCUT2D eigenvalue weighted by Crippen LogP contribution is 2.23. The van der Waals surface area contributed by atoms with E-state index in [2.05, 4.69) is 34.5 Å². The molecule has 1 fully saturated rings. The molecule has 138 valence electrons. The van der Waals surface area contributed by atoms with E-state index in [0.717, 1.165) is 37.9 Å². The molecule has 4 rings (SSSR count). The van der Waals surface area contributed by atoms with Gasteiger partial charge in [0.1, 0.15) is 0 Å². The molecule has 3 aromatic rings. The van der Waals surface area contributed by atoms with Crippen molar-refractivity contribution in [1.82, 2.24) is 15.1 Å². The van der Waals surface area contributed by atoms with Gasteiger partial charge >= 0.3 is 11.8 Å². The van der Waals surface area contributed by atoms with Gasteiger partial charge in [-0.2, -0.15) is 0 Å². The highest BCUT2D eigenvalue weighted by atomic mass is 16.4. The third kappa shape index (κ3) is 4.42. The number of carbonyl (C=O) groups excluding carboxylic acids is 1. The van der Waals surface area contributed by atoms with Crippen LogP contribution in [0.25, 0.3) is 0 Å². The molecule has 0 aliphatic carbocycles. The number of hydrogen-bond donors (Lipinski definition) is 0. The minimum atomic E-state index is -0.153. The van der Waals surface area contributed by atoms with Gasteiger partial charge < -0.3 is 9.32 Å². The third-order valence-electron chi connectivity index (χ3n) is 5.12. The van der Waals surface area contributed by atoms with Crippen molar-refractivity contribution in [1.29, 1.82) is 0 Å². The number of hydrogen-bond acceptors (Lipinski definition) is 4. The second-order valence-corrected chi connectivity index (χ2v) is 7.09. The quantitative estimate of drug-likeness (QED) is 0.694. The lowest BCUT2D eigenvalue weighted by molar-refractivity contribution is 0.0648. The van der Waals surface area contributed by atoms with Crippen LogP contribution in [0.5, 0.6) is 0 Å². The smallest absolute Gasteiger partial charge is 0.311 e. The molecular formula is C22H23N3O2. The predicted molar refractivity (Wildman–Crippen MR) is 102 cm³/mol. The first-order valence-corrected chi connectivity index (χ1v) is 9.47. The minimum Gasteiger partial charge on any atom is -0.417 e. The maximum Gasteiger partial charge on any atom is 0.311 e. The molecule has 1 saturated heterocycles. The summed E-state index contributed by atoms with van der Waals surface area (Å²) in [5.41, 5.74) is 2.45. The zero-order chi connectivity index (χ0) is 18.5. The van der Waals surface area contributed by atoms with E-state index in [1.807, 2.05) is 41.3 Å². The summed E-state index contributed by atoms with van der Waals surface area (Å²) in [5, 5.41) is 8.00. The summed E-state index contributed by atoms with van der Waals surface area (Å²) >= 11 is 0. The molecule has 0 N–H and O–H groups in total. The van der Waals surface area contributed by atoms with Crippen molar-refractivity contribution in [2.24, 2.45) is 5.92 Å². The first kappa shape index (κ1) is 17.5. The van der Waals surface area contributed by atoms with Gasteiger partial charge in [0.15, 0.2) is 0 Å². The largest absolute Gasteiger partial charge is 0.417 e. The van der Waals surface area contributed by atoms with Gasteiger partial charge in [-0.1, -0.05) is 60.7 Å². The van der Waals surface area contributed by atoms with Crippen molar-refractivity contribution in [3.63, 3.8) is 0 Å². The van der Waals surface area contributed by atoms with Crippen molar-refractivity contribution in [2.45, 2.75) is 25.7 Å². The fourth-order valence-electron chi connectivity index (χ4n) is 3.60. The fourth-order valence-corrected chi connectivity index (χ4v) is 3.60. The van der Waals surface area contributed by atoms with Gasteiger partial charge in [0.05, 0.1) is 6.42 Å². The highest BCUT2D eigenvalue weighted by Gasteiger charge is 2.27. The maximum atomic E-state index is 12.7. The summed E-state index contributed by atoms with van der Waals surface area (Å²) < 4.78 is 5.61. The van der Waals surface area contributed by atoms with E-state index in [1.165, 1.54) is 5.56 Å². The highest BCUT2D eigenvalue weighted by molar-refractivity contribution is 5.89. The molecule has 0 saturated carbocycles. The third-order valence-corrected chi connectivity index (χ3v) is 5.12. The summed E-state index contributed by atoms with van der Waals surface area (Å²) in [6, 6.07) is 20.5. The fraction of sp³-hybridized carbons (Fsp3) is 0.318. The zero-order valence-corrected chi connectivity index (χ0v) is 15.3. The van der Waals surface area contributed by atoms with E-state index < -0.39 is 0 Å². The van der Waals surface area contributed by atoms with Crippen LogP contribution < -0.4 is 0 Å². The maximum absolute atomic E-state index is 12.7. The summed E-state index contributed by atoms with van der Waals surface area (Å²) in [6.45, 7) is 1.49. The van der Waals surface area contributed by atoms with Crippen LogP contribution in [0.1, 0.15) is 40.5 Å². The standard InChI is InChI=1S/C22H23N3O2/c26-22(21-24-23-20(27-21)16-18-9-5-2-6-10-18)25-13-11-19(12-14-25)15-17-7-3-1-4-8-17/h1-10,19H,11-16H2. The topological polar surface area (TPSA) is 59.2 Å². The lowest BCUT2D eigenvalue weighted by Gasteiger charge is -2.31. The lowest BCUT2D eigenvalue weighted by atomic mass is 9.90. The van der Waals surface area contributed by atoms with Gasteiger partial charge in [-0.05, 0) is 36.3 Å². The number of likely N-dealkylation sites (tertiary alicyclic amines) is 1. The van der Waals surface area contributed by atoms with E-state index >= 15 is 0 Å². The van der Waals surface area contributed by atoms with Gasteiger partial charge in [0, 0.05) is 13.1 Å². The monoisotopic (exact) mass is 361 g/mol. The molecule has 0 atom stereocenters. The van der Waals surface area contributed by atoms with E-state index in [1.54, 1.807) is 0 Å². The van der Waals surface area contributed by atoms with Gasteiger partial charge in [0.25, 0.3) is 0 Å². The Morgan fingerprint density at radius 2 is 1.56 bits per heavy atom. The second kappa shape index (κ2) is 8.16. The van der Waals surface area contributed by atoms with Crippen LogP contribution in [-0.4, -0.2) is 34.1 Å². The summed E-state index contributed by atoms with van der Waals surface area (Å²) in [4.78, 5) is 14.5. The number of amides is 1. The van der Waals surface area contributed by atoms with Crippen molar-refractivity contribution >= 4 is 5.91 Å². The number of rotatable bonds is 5. The first-order chi connectivity index (χ1) is 13.3. The van der Waals surface area contributed by atoms with Crippen molar-refractivity contribution in [3.8, 4) is 0 Å². The van der Waals surface area contributed by atoms with E-state index in [0.29, 0.717) is 18.2 Å². The second-order valence-electron chi connectivity index (χ2n) is 7.09. The Morgan fingerprint density at radius 3 is 2.22 bits per heavy atom. The van der Waals surface area contributed by atoms with Gasteiger partial charge in [-0.15, -0.1) is 10.2 Å². The zero-order valence-electron chi connectivity index (χ0n) is 15.3. The van der Waals surface area contributed by atoms with Crippen LogP contribution >= 0.6 is 0 Å². The summed E-state index contributed by atoms with van der Waals surface area (Å²) in [6.07, 6.45) is 3.63. The Hall–Kier alpha value is -2.95. The van der Waals surface area contributed by atoms with E-state index in [4.69, 9.17) is 4.42 Å². The van der Waals surface area contributed by atoms with Crippen LogP contribution in [0.4, 0.5) is 0 Å². The Bertz CT molecular complexity index is 869. The number of nitrogens with zero attached hydrogens (tertiary/aromatic N) is 3. The molecule has 2 aromatic carbocycles. The van der Waals surface area contributed by atoms with Crippen molar-refractivity contribution < 1.29 is 9.21 Å². The van der Waals surface area contributed by atoms with Crippen molar-refractivity contribution in [3.05, 3.63) is 83.6 Å². The molecule has 1 aliphatic rings. The molecule has 2 heterocycles. The molecule has 0 unspecified atom stereocenters. The summed E-state index contributed by atoms with van der Waals surface area (Å²) in [7, 11) is 0. The van der Waals surface area contributed by atoms with Gasteiger partial charge in [-0.25, -0.2) is 0 Å². The average molecular weight is 361 g/mol. The van der Waals surface area contributed by atoms with Gasteiger partial charge in [-0.3, -0.25) is 4.79 Å². The number of piperidine rings is 1. The van der Waals surface area contributed by atoms with Crippen LogP contribution in [-0.2, 0) is 12.8 Å². The van der Waals surface area contributed by atoms with Crippen LogP contribution in [0.3, 0.4) is 0 Å². The number of benzene rings is 2. The normalized spacial score (nSPS) is 15.0. The Kier molecular flexibility index (Phi) is 5.28. The molecule has 0 bridgehead atoms. The van der Waals surface area contributed by atoms with E-state index in [-0.39, 0.29) is 11.8 Å². The van der Waals surface area contributed by atoms with Crippen LogP contribution in [0.15, 0.2) is 65.1 Å². The molecule has 0 spiro atoms. The molecule has 1 aliphatic heterocycles. The molecular weight excluding hydrogens is 338 g/mol.